The van der Waals surface area contributed by atoms with Crippen LogP contribution >= 0.6 is 0 Å². The van der Waals surface area contributed by atoms with Crippen molar-refractivity contribution >= 4 is 23.7 Å². The number of ketones is 1. The van der Waals surface area contributed by atoms with Crippen LogP contribution in [0.2, 0.25) is 0 Å². The van der Waals surface area contributed by atoms with Crippen LogP contribution in [-0.4, -0.2) is 43.5 Å². The molecule has 1 fully saturated rings. The Morgan fingerprint density at radius 2 is 1.50 bits per heavy atom. The van der Waals surface area contributed by atoms with Crippen molar-refractivity contribution in [2.24, 2.45) is 11.3 Å². The highest BCUT2D eigenvalue weighted by atomic mass is 16.6. The van der Waals surface area contributed by atoms with Crippen LogP contribution in [0, 0.1) is 11.3 Å². The predicted molar refractivity (Wildman–Crippen MR) is 74.7 cm³/mol. The molecule has 7 heteroatoms. The molecule has 0 radical (unpaired) electrons. The van der Waals surface area contributed by atoms with Crippen LogP contribution in [0.5, 0.6) is 0 Å². The number of carbonyl (C=O) groups excluding carboxylic acids is 4. The van der Waals surface area contributed by atoms with E-state index < -0.39 is 29.2 Å². The van der Waals surface area contributed by atoms with Gasteiger partial charge in [-0.2, -0.15) is 0 Å². The zero-order valence-electron chi connectivity index (χ0n) is 13.2. The second kappa shape index (κ2) is 7.91. The van der Waals surface area contributed by atoms with Gasteiger partial charge in [0.25, 0.3) is 0 Å². The first kappa shape index (κ1) is 18.1. The topological polar surface area (TPSA) is 96.0 Å². The molecule has 0 aliphatic heterocycles. The van der Waals surface area contributed by atoms with Crippen molar-refractivity contribution in [1.29, 1.82) is 0 Å². The number of Topliss-reactive ketones (excluding diaryl/α,β-unsaturated/α-hetero) is 1. The summed E-state index contributed by atoms with van der Waals surface area (Å²) >= 11 is 0. The van der Waals surface area contributed by atoms with Crippen LogP contribution in [0.1, 0.15) is 40.0 Å². The molecule has 1 atom stereocenters. The van der Waals surface area contributed by atoms with Crippen LogP contribution < -0.4 is 0 Å². The number of rotatable bonds is 6. The second-order valence-electron chi connectivity index (χ2n) is 5.00. The van der Waals surface area contributed by atoms with Crippen molar-refractivity contribution in [2.75, 3.05) is 19.8 Å². The summed E-state index contributed by atoms with van der Waals surface area (Å²) in [6.45, 7) is 5.17. The van der Waals surface area contributed by atoms with Gasteiger partial charge in [-0.15, -0.1) is 0 Å². The quantitative estimate of drug-likeness (QED) is 0.410. The van der Waals surface area contributed by atoms with E-state index in [0.29, 0.717) is 0 Å². The van der Waals surface area contributed by atoms with Gasteiger partial charge < -0.3 is 14.2 Å². The van der Waals surface area contributed by atoms with E-state index >= 15 is 0 Å². The van der Waals surface area contributed by atoms with Gasteiger partial charge in [0.2, 0.25) is 0 Å². The van der Waals surface area contributed by atoms with E-state index in [1.54, 1.807) is 20.8 Å². The van der Waals surface area contributed by atoms with Crippen molar-refractivity contribution in [1.82, 2.24) is 0 Å². The highest BCUT2D eigenvalue weighted by molar-refractivity contribution is 6.06. The fraction of sp³-hybridized carbons (Fsp3) is 0.733. The molecule has 1 rings (SSSR count). The lowest BCUT2D eigenvalue weighted by atomic mass is 9.69. The smallest absolute Gasteiger partial charge is 0.323 e. The van der Waals surface area contributed by atoms with E-state index in [9.17, 15) is 19.2 Å². The number of hydrogen-bond donors (Lipinski definition) is 0. The van der Waals surface area contributed by atoms with E-state index in [4.69, 9.17) is 14.2 Å². The number of hydrogen-bond acceptors (Lipinski definition) is 7. The van der Waals surface area contributed by atoms with Crippen LogP contribution in [-0.2, 0) is 33.4 Å². The second-order valence-corrected chi connectivity index (χ2v) is 5.00. The summed E-state index contributed by atoms with van der Waals surface area (Å²) in [5.74, 6) is -3.69. The first-order chi connectivity index (χ1) is 10.4. The summed E-state index contributed by atoms with van der Waals surface area (Å²) in [4.78, 5) is 48.4. The SMILES string of the molecule is CCOC(=O)[C@H]1CC(C(=O)OCC)(C(=O)OCC)CCC1=O. The zero-order valence-corrected chi connectivity index (χ0v) is 13.2. The lowest BCUT2D eigenvalue weighted by Gasteiger charge is -2.34. The third-order valence-electron chi connectivity index (χ3n) is 3.64. The Morgan fingerprint density at radius 1 is 1.00 bits per heavy atom. The summed E-state index contributed by atoms with van der Waals surface area (Å²) < 4.78 is 14.8. The van der Waals surface area contributed by atoms with Gasteiger partial charge in [-0.05, 0) is 33.6 Å². The largest absolute Gasteiger partial charge is 0.465 e. The molecule has 0 N–H and O–H groups in total. The fourth-order valence-corrected chi connectivity index (χ4v) is 2.53. The molecule has 22 heavy (non-hydrogen) atoms. The standard InChI is InChI=1S/C15H22O7/c1-4-20-12(17)10-9-15(8-7-11(10)16,13(18)21-5-2)14(19)22-6-3/h10H,4-9H2,1-3H3/t10-/m0/s1. The van der Waals surface area contributed by atoms with E-state index in [-0.39, 0.29) is 44.9 Å². The summed E-state index contributed by atoms with van der Waals surface area (Å²) in [5, 5.41) is 0. The molecule has 124 valence electrons. The van der Waals surface area contributed by atoms with Gasteiger partial charge in [0.15, 0.2) is 5.41 Å². The van der Waals surface area contributed by atoms with Crippen molar-refractivity contribution in [3.05, 3.63) is 0 Å². The van der Waals surface area contributed by atoms with Gasteiger partial charge in [0, 0.05) is 6.42 Å². The minimum atomic E-state index is -1.61. The van der Waals surface area contributed by atoms with Crippen LogP contribution in [0.15, 0.2) is 0 Å². The van der Waals surface area contributed by atoms with E-state index in [1.165, 1.54) is 0 Å². The summed E-state index contributed by atoms with van der Waals surface area (Å²) in [5.41, 5.74) is -1.61. The molecule has 1 saturated carbocycles. The maximum Gasteiger partial charge on any atom is 0.323 e. The Balaban J connectivity index is 3.10. The molecule has 0 spiro atoms. The maximum absolute atomic E-state index is 12.3. The average Bonchev–Trinajstić information content (AvgIpc) is 2.48. The fourth-order valence-electron chi connectivity index (χ4n) is 2.53. The Bertz CT molecular complexity index is 437. The van der Waals surface area contributed by atoms with Gasteiger partial charge in [0.1, 0.15) is 11.7 Å². The zero-order chi connectivity index (χ0) is 16.8. The Kier molecular flexibility index (Phi) is 6.52. The summed E-state index contributed by atoms with van der Waals surface area (Å²) in [6, 6.07) is 0. The molecule has 1 aliphatic rings. The molecular weight excluding hydrogens is 292 g/mol. The van der Waals surface area contributed by atoms with Gasteiger partial charge in [0.05, 0.1) is 19.8 Å². The van der Waals surface area contributed by atoms with Crippen molar-refractivity contribution in [2.45, 2.75) is 40.0 Å². The molecule has 7 nitrogen and oxygen atoms in total. The molecule has 0 bridgehead atoms. The lowest BCUT2D eigenvalue weighted by molar-refractivity contribution is -0.177. The van der Waals surface area contributed by atoms with Gasteiger partial charge in [-0.3, -0.25) is 19.2 Å². The molecule has 0 aromatic carbocycles. The predicted octanol–water partition coefficient (Wildman–Crippen LogP) is 1.03. The number of esters is 3. The highest BCUT2D eigenvalue weighted by Gasteiger charge is 2.55. The lowest BCUT2D eigenvalue weighted by Crippen LogP contribution is -2.49. The minimum absolute atomic E-state index is 0.0145. The maximum atomic E-state index is 12.3. The first-order valence-corrected chi connectivity index (χ1v) is 7.46. The summed E-state index contributed by atoms with van der Waals surface area (Å²) in [6.07, 6.45) is -0.344. The Labute approximate surface area is 129 Å². The molecular formula is C15H22O7. The van der Waals surface area contributed by atoms with Gasteiger partial charge in [-0.1, -0.05) is 0 Å². The molecule has 0 aromatic rings. The van der Waals surface area contributed by atoms with Crippen LogP contribution in [0.3, 0.4) is 0 Å². The third kappa shape index (κ3) is 3.64. The van der Waals surface area contributed by atoms with Crippen LogP contribution in [0.4, 0.5) is 0 Å². The van der Waals surface area contributed by atoms with Crippen molar-refractivity contribution in [3.63, 3.8) is 0 Å². The third-order valence-corrected chi connectivity index (χ3v) is 3.64. The Morgan fingerprint density at radius 3 is 1.95 bits per heavy atom. The van der Waals surface area contributed by atoms with Crippen molar-refractivity contribution in [3.8, 4) is 0 Å². The highest BCUT2D eigenvalue weighted by Crippen LogP contribution is 2.40. The van der Waals surface area contributed by atoms with Crippen LogP contribution in [0.25, 0.3) is 0 Å². The molecule has 0 amide bonds. The first-order valence-electron chi connectivity index (χ1n) is 7.46. The molecule has 0 unspecified atom stereocenters. The van der Waals surface area contributed by atoms with E-state index in [0.717, 1.165) is 0 Å². The van der Waals surface area contributed by atoms with Gasteiger partial charge >= 0.3 is 17.9 Å². The number of carbonyl (C=O) groups is 4. The minimum Gasteiger partial charge on any atom is -0.465 e. The van der Waals surface area contributed by atoms with E-state index in [2.05, 4.69) is 0 Å². The molecule has 0 aromatic heterocycles. The monoisotopic (exact) mass is 314 g/mol. The summed E-state index contributed by atoms with van der Waals surface area (Å²) in [7, 11) is 0. The molecule has 0 saturated heterocycles. The Hall–Kier alpha value is -1.92. The number of ether oxygens (including phenoxy) is 3. The normalized spacial score (nSPS) is 20.1. The van der Waals surface area contributed by atoms with E-state index in [1.807, 2.05) is 0 Å². The average molecular weight is 314 g/mol. The molecule has 1 aliphatic carbocycles. The molecule has 0 heterocycles. The van der Waals surface area contributed by atoms with Crippen molar-refractivity contribution < 1.29 is 33.4 Å². The van der Waals surface area contributed by atoms with Gasteiger partial charge in [-0.25, -0.2) is 0 Å².